The fraction of sp³-hybridized carbons (Fsp3) is 0.818. The van der Waals surface area contributed by atoms with Crippen molar-refractivity contribution in [1.82, 2.24) is 19.5 Å². The van der Waals surface area contributed by atoms with E-state index < -0.39 is 10.0 Å². The highest BCUT2D eigenvalue weighted by Gasteiger charge is 2.31. The highest BCUT2D eigenvalue weighted by Crippen LogP contribution is 2.25. The number of aryl methyl sites for hydroxylation is 1. The Labute approximate surface area is 108 Å². The van der Waals surface area contributed by atoms with Gasteiger partial charge in [-0.25, -0.2) is 13.4 Å². The summed E-state index contributed by atoms with van der Waals surface area (Å²) in [6.07, 6.45) is 4.73. The molecule has 1 aromatic rings. The van der Waals surface area contributed by atoms with Crippen molar-refractivity contribution in [2.45, 2.75) is 50.8 Å². The summed E-state index contributed by atoms with van der Waals surface area (Å²) in [4.78, 5) is 4.14. The lowest BCUT2D eigenvalue weighted by Crippen LogP contribution is -2.37. The molecular formula is C11H20N4O2S. The third-order valence-corrected chi connectivity index (χ3v) is 5.73. The van der Waals surface area contributed by atoms with Crippen molar-refractivity contribution in [2.75, 3.05) is 7.05 Å². The number of hydrogen-bond donors (Lipinski definition) is 1. The van der Waals surface area contributed by atoms with E-state index >= 15 is 0 Å². The Kier molecular flexibility index (Phi) is 4.01. The molecule has 0 aromatic carbocycles. The van der Waals surface area contributed by atoms with Gasteiger partial charge in [0, 0.05) is 7.05 Å². The number of nitrogens with one attached hydrogen (secondary N) is 1. The minimum absolute atomic E-state index is 0.226. The molecule has 0 spiro atoms. The Bertz CT molecular complexity index is 491. The van der Waals surface area contributed by atoms with Crippen LogP contribution in [0.25, 0.3) is 0 Å². The molecule has 0 bridgehead atoms. The summed E-state index contributed by atoms with van der Waals surface area (Å²) in [6, 6.07) is 0. The zero-order valence-electron chi connectivity index (χ0n) is 10.9. The third kappa shape index (κ3) is 2.89. The van der Waals surface area contributed by atoms with Crippen molar-refractivity contribution >= 4 is 10.0 Å². The molecule has 0 amide bonds. The second-order valence-corrected chi connectivity index (χ2v) is 7.22. The molecule has 0 aliphatic heterocycles. The second kappa shape index (κ2) is 5.36. The van der Waals surface area contributed by atoms with E-state index in [1.807, 2.05) is 0 Å². The lowest BCUT2D eigenvalue weighted by atomic mass is 10.0. The monoisotopic (exact) mass is 272 g/mol. The molecule has 6 nitrogen and oxygen atoms in total. The molecule has 2 rings (SSSR count). The SMILES string of the molecule is Cc1nc(CN(C)S(=O)(=O)C2CCCCC2)n[nH]1. The van der Waals surface area contributed by atoms with Crippen LogP contribution in [0.15, 0.2) is 0 Å². The highest BCUT2D eigenvalue weighted by molar-refractivity contribution is 7.89. The minimum Gasteiger partial charge on any atom is -0.263 e. The van der Waals surface area contributed by atoms with Gasteiger partial charge in [0.1, 0.15) is 5.82 Å². The van der Waals surface area contributed by atoms with Gasteiger partial charge in [-0.1, -0.05) is 19.3 Å². The van der Waals surface area contributed by atoms with Gasteiger partial charge in [0.25, 0.3) is 0 Å². The van der Waals surface area contributed by atoms with Crippen LogP contribution in [-0.4, -0.2) is 40.2 Å². The van der Waals surface area contributed by atoms with Crippen molar-refractivity contribution in [1.29, 1.82) is 0 Å². The number of rotatable bonds is 4. The Morgan fingerprint density at radius 3 is 2.56 bits per heavy atom. The summed E-state index contributed by atoms with van der Waals surface area (Å²) in [5.41, 5.74) is 0. The minimum atomic E-state index is -3.21. The van der Waals surface area contributed by atoms with E-state index in [0.29, 0.717) is 11.6 Å². The molecule has 102 valence electrons. The molecule has 1 aromatic heterocycles. The first-order valence-corrected chi connectivity index (χ1v) is 7.83. The van der Waals surface area contributed by atoms with E-state index in [9.17, 15) is 8.42 Å². The summed E-state index contributed by atoms with van der Waals surface area (Å²) in [6.45, 7) is 2.04. The second-order valence-electron chi connectivity index (χ2n) is 4.90. The first-order valence-electron chi connectivity index (χ1n) is 6.33. The molecule has 1 fully saturated rings. The van der Waals surface area contributed by atoms with Gasteiger partial charge in [0.05, 0.1) is 11.8 Å². The Morgan fingerprint density at radius 1 is 1.33 bits per heavy atom. The smallest absolute Gasteiger partial charge is 0.217 e. The van der Waals surface area contributed by atoms with Crippen LogP contribution in [0.1, 0.15) is 43.8 Å². The standard InChI is InChI=1S/C11H20N4O2S/c1-9-12-11(14-13-9)8-15(2)18(16,17)10-6-4-3-5-7-10/h10H,3-8H2,1-2H3,(H,12,13,14). The molecule has 0 radical (unpaired) electrons. The Morgan fingerprint density at radius 2 is 2.00 bits per heavy atom. The molecule has 0 saturated heterocycles. The largest absolute Gasteiger partial charge is 0.263 e. The number of sulfonamides is 1. The Hall–Kier alpha value is -0.950. The lowest BCUT2D eigenvalue weighted by molar-refractivity contribution is 0.417. The van der Waals surface area contributed by atoms with Crippen molar-refractivity contribution in [3.05, 3.63) is 11.6 Å². The first-order chi connectivity index (χ1) is 8.50. The highest BCUT2D eigenvalue weighted by atomic mass is 32.2. The van der Waals surface area contributed by atoms with Gasteiger partial charge in [0.15, 0.2) is 5.82 Å². The topological polar surface area (TPSA) is 79.0 Å². The van der Waals surface area contributed by atoms with Gasteiger partial charge in [-0.3, -0.25) is 5.10 Å². The van der Waals surface area contributed by atoms with Crippen LogP contribution in [0.3, 0.4) is 0 Å². The summed E-state index contributed by atoms with van der Waals surface area (Å²) >= 11 is 0. The fourth-order valence-corrected chi connectivity index (χ4v) is 4.10. The molecule has 1 heterocycles. The number of hydrogen-bond acceptors (Lipinski definition) is 4. The predicted molar refractivity (Wildman–Crippen MR) is 68.4 cm³/mol. The summed E-state index contributed by atoms with van der Waals surface area (Å²) in [5.74, 6) is 1.22. The van der Waals surface area contributed by atoms with Crippen LogP contribution >= 0.6 is 0 Å². The van der Waals surface area contributed by atoms with Crippen molar-refractivity contribution in [2.24, 2.45) is 0 Å². The normalized spacial score (nSPS) is 18.4. The van der Waals surface area contributed by atoms with Gasteiger partial charge in [0.2, 0.25) is 10.0 Å². The van der Waals surface area contributed by atoms with E-state index in [-0.39, 0.29) is 11.8 Å². The summed E-state index contributed by atoms with van der Waals surface area (Å²) in [7, 11) is -1.60. The van der Waals surface area contributed by atoms with Crippen LogP contribution in [0.2, 0.25) is 0 Å². The van der Waals surface area contributed by atoms with E-state index in [2.05, 4.69) is 15.2 Å². The zero-order chi connectivity index (χ0) is 13.2. The number of aromatic nitrogens is 3. The van der Waals surface area contributed by atoms with E-state index in [0.717, 1.165) is 32.1 Å². The Balaban J connectivity index is 2.04. The molecule has 1 aliphatic rings. The molecule has 7 heteroatoms. The molecular weight excluding hydrogens is 252 g/mol. The molecule has 0 unspecified atom stereocenters. The summed E-state index contributed by atoms with van der Waals surface area (Å²) in [5, 5.41) is 6.47. The summed E-state index contributed by atoms with van der Waals surface area (Å²) < 4.78 is 26.1. The molecule has 1 N–H and O–H groups in total. The number of H-pyrrole nitrogens is 1. The van der Waals surface area contributed by atoms with Gasteiger partial charge < -0.3 is 0 Å². The van der Waals surface area contributed by atoms with Crippen molar-refractivity contribution < 1.29 is 8.42 Å². The van der Waals surface area contributed by atoms with Gasteiger partial charge in [-0.2, -0.15) is 9.40 Å². The van der Waals surface area contributed by atoms with Crippen LogP contribution in [0, 0.1) is 6.92 Å². The molecule has 1 aliphatic carbocycles. The maximum atomic E-state index is 12.4. The van der Waals surface area contributed by atoms with Crippen LogP contribution in [-0.2, 0) is 16.6 Å². The average molecular weight is 272 g/mol. The van der Waals surface area contributed by atoms with Crippen LogP contribution in [0.5, 0.6) is 0 Å². The van der Waals surface area contributed by atoms with E-state index in [4.69, 9.17) is 0 Å². The van der Waals surface area contributed by atoms with Crippen LogP contribution < -0.4 is 0 Å². The lowest BCUT2D eigenvalue weighted by Gasteiger charge is -2.26. The number of aromatic amines is 1. The molecule has 0 atom stereocenters. The molecule has 1 saturated carbocycles. The predicted octanol–water partition coefficient (Wildman–Crippen LogP) is 1.21. The molecule has 18 heavy (non-hydrogen) atoms. The van der Waals surface area contributed by atoms with Gasteiger partial charge >= 0.3 is 0 Å². The zero-order valence-corrected chi connectivity index (χ0v) is 11.7. The first kappa shape index (κ1) is 13.5. The van der Waals surface area contributed by atoms with Crippen molar-refractivity contribution in [3.8, 4) is 0 Å². The van der Waals surface area contributed by atoms with Crippen molar-refractivity contribution in [3.63, 3.8) is 0 Å². The maximum Gasteiger partial charge on any atom is 0.217 e. The van der Waals surface area contributed by atoms with E-state index in [1.54, 1.807) is 14.0 Å². The van der Waals surface area contributed by atoms with Crippen LogP contribution in [0.4, 0.5) is 0 Å². The fourth-order valence-electron chi connectivity index (χ4n) is 2.37. The third-order valence-electron chi connectivity index (χ3n) is 3.42. The maximum absolute atomic E-state index is 12.4. The average Bonchev–Trinajstić information content (AvgIpc) is 2.76. The van der Waals surface area contributed by atoms with Gasteiger partial charge in [-0.15, -0.1) is 0 Å². The van der Waals surface area contributed by atoms with E-state index in [1.165, 1.54) is 4.31 Å². The van der Waals surface area contributed by atoms with Gasteiger partial charge in [-0.05, 0) is 19.8 Å². The number of nitrogens with zero attached hydrogens (tertiary/aromatic N) is 3. The quantitative estimate of drug-likeness (QED) is 0.893.